The average molecular weight is 367 g/mol. The van der Waals surface area contributed by atoms with Crippen LogP contribution in [-0.2, 0) is 13.0 Å². The molecule has 0 aliphatic heterocycles. The summed E-state index contributed by atoms with van der Waals surface area (Å²) >= 11 is 7.96. The molecule has 2 rings (SSSR count). The fourth-order valence-corrected chi connectivity index (χ4v) is 3.31. The quantitative estimate of drug-likeness (QED) is 0.608. The third-order valence-corrected chi connectivity index (χ3v) is 5.08. The third-order valence-electron chi connectivity index (χ3n) is 3.65. The molecule has 0 radical (unpaired) electrons. The lowest BCUT2D eigenvalue weighted by molar-refractivity contribution is 0.414. The van der Waals surface area contributed by atoms with Crippen LogP contribution < -0.4 is 15.4 Å². The monoisotopic (exact) mass is 366 g/mol. The van der Waals surface area contributed by atoms with Crippen LogP contribution >= 0.6 is 22.9 Å². The number of rotatable bonds is 6. The van der Waals surface area contributed by atoms with Crippen LogP contribution in [0.5, 0.6) is 5.75 Å². The van der Waals surface area contributed by atoms with E-state index in [2.05, 4.69) is 27.5 Å². The average Bonchev–Trinajstić information content (AvgIpc) is 2.90. The van der Waals surface area contributed by atoms with Crippen molar-refractivity contribution in [3.63, 3.8) is 0 Å². The number of methoxy groups -OCH3 is 1. The van der Waals surface area contributed by atoms with E-state index in [1.165, 1.54) is 4.88 Å². The Bertz CT molecular complexity index is 695. The van der Waals surface area contributed by atoms with Gasteiger partial charge in [-0.05, 0) is 38.0 Å². The molecule has 0 saturated heterocycles. The molecule has 24 heavy (non-hydrogen) atoms. The molecular formula is C17H23ClN4OS. The summed E-state index contributed by atoms with van der Waals surface area (Å²) in [7, 11) is 3.39. The minimum absolute atomic E-state index is 0.669. The number of aromatic nitrogens is 1. The van der Waals surface area contributed by atoms with Crippen molar-refractivity contribution in [3.05, 3.63) is 44.4 Å². The van der Waals surface area contributed by atoms with Gasteiger partial charge in [0.25, 0.3) is 0 Å². The van der Waals surface area contributed by atoms with Gasteiger partial charge >= 0.3 is 0 Å². The Morgan fingerprint density at radius 3 is 2.71 bits per heavy atom. The standard InChI is InChI=1S/C17H23ClN4OS/c1-11-12(2)24-16(22-11)10-21-17(19-3)20-8-7-13-5-6-14(23-4)9-15(13)18/h5-6,9H,7-8,10H2,1-4H3,(H2,19,20,21). The number of hydrogen-bond acceptors (Lipinski definition) is 4. The Morgan fingerprint density at radius 2 is 2.12 bits per heavy atom. The van der Waals surface area contributed by atoms with Crippen LogP contribution in [0.4, 0.5) is 0 Å². The predicted octanol–water partition coefficient (Wildman–Crippen LogP) is 3.33. The first-order valence-corrected chi connectivity index (χ1v) is 8.92. The molecule has 5 nitrogen and oxygen atoms in total. The van der Waals surface area contributed by atoms with Gasteiger partial charge < -0.3 is 15.4 Å². The van der Waals surface area contributed by atoms with Gasteiger partial charge in [-0.1, -0.05) is 17.7 Å². The highest BCUT2D eigenvalue weighted by Crippen LogP contribution is 2.22. The molecule has 0 saturated carbocycles. The number of nitrogens with zero attached hydrogens (tertiary/aromatic N) is 2. The Kier molecular flexibility index (Phi) is 6.87. The number of ether oxygens (including phenoxy) is 1. The second kappa shape index (κ2) is 8.89. The van der Waals surface area contributed by atoms with E-state index in [0.29, 0.717) is 11.6 Å². The summed E-state index contributed by atoms with van der Waals surface area (Å²) < 4.78 is 5.16. The van der Waals surface area contributed by atoms with Gasteiger partial charge in [0.05, 0.1) is 19.3 Å². The van der Waals surface area contributed by atoms with Gasteiger partial charge in [-0.25, -0.2) is 4.98 Å². The lowest BCUT2D eigenvalue weighted by Gasteiger charge is -2.12. The van der Waals surface area contributed by atoms with Crippen molar-refractivity contribution >= 4 is 28.9 Å². The van der Waals surface area contributed by atoms with E-state index in [1.807, 2.05) is 25.1 Å². The van der Waals surface area contributed by atoms with E-state index in [9.17, 15) is 0 Å². The zero-order valence-corrected chi connectivity index (χ0v) is 16.0. The Morgan fingerprint density at radius 1 is 1.33 bits per heavy atom. The fourth-order valence-electron chi connectivity index (χ4n) is 2.17. The molecule has 2 aromatic rings. The van der Waals surface area contributed by atoms with Crippen LogP contribution in [0.1, 0.15) is 21.1 Å². The molecular weight excluding hydrogens is 344 g/mol. The van der Waals surface area contributed by atoms with Gasteiger partial charge in [-0.15, -0.1) is 11.3 Å². The molecule has 130 valence electrons. The van der Waals surface area contributed by atoms with Crippen molar-refractivity contribution in [1.29, 1.82) is 0 Å². The lowest BCUT2D eigenvalue weighted by Crippen LogP contribution is -2.37. The van der Waals surface area contributed by atoms with Crippen molar-refractivity contribution in [2.45, 2.75) is 26.8 Å². The van der Waals surface area contributed by atoms with Crippen LogP contribution in [-0.4, -0.2) is 31.6 Å². The number of benzene rings is 1. The summed E-state index contributed by atoms with van der Waals surface area (Å²) in [5.41, 5.74) is 2.17. The van der Waals surface area contributed by atoms with Crippen LogP contribution in [0.2, 0.25) is 5.02 Å². The van der Waals surface area contributed by atoms with Crippen LogP contribution in [0, 0.1) is 13.8 Å². The van der Waals surface area contributed by atoms with Gasteiger partial charge in [0.2, 0.25) is 0 Å². The minimum atomic E-state index is 0.669. The summed E-state index contributed by atoms with van der Waals surface area (Å²) in [5, 5.41) is 8.35. The normalized spacial score (nSPS) is 11.5. The lowest BCUT2D eigenvalue weighted by atomic mass is 10.1. The summed E-state index contributed by atoms with van der Waals surface area (Å²) in [6.45, 7) is 5.52. The summed E-state index contributed by atoms with van der Waals surface area (Å²) in [5.74, 6) is 1.52. The van der Waals surface area contributed by atoms with Crippen molar-refractivity contribution in [2.24, 2.45) is 4.99 Å². The molecule has 1 heterocycles. The summed E-state index contributed by atoms with van der Waals surface area (Å²) in [6, 6.07) is 5.73. The number of nitrogens with one attached hydrogen (secondary N) is 2. The van der Waals surface area contributed by atoms with Crippen molar-refractivity contribution in [3.8, 4) is 5.75 Å². The third kappa shape index (κ3) is 5.11. The van der Waals surface area contributed by atoms with Gasteiger partial charge in [-0.3, -0.25) is 4.99 Å². The molecule has 0 spiro atoms. The molecule has 1 aromatic heterocycles. The number of guanidine groups is 1. The van der Waals surface area contributed by atoms with Crippen molar-refractivity contribution in [1.82, 2.24) is 15.6 Å². The molecule has 2 N–H and O–H groups in total. The molecule has 0 fully saturated rings. The Hall–Kier alpha value is -1.79. The molecule has 0 unspecified atom stereocenters. The molecule has 0 aliphatic rings. The molecule has 0 aliphatic carbocycles. The zero-order valence-electron chi connectivity index (χ0n) is 14.4. The molecule has 1 aromatic carbocycles. The summed E-state index contributed by atoms with van der Waals surface area (Å²) in [6.07, 6.45) is 0.805. The highest BCUT2D eigenvalue weighted by atomic mass is 35.5. The molecule has 7 heteroatoms. The van der Waals surface area contributed by atoms with E-state index in [0.717, 1.165) is 40.9 Å². The number of thiazole rings is 1. The first kappa shape index (κ1) is 18.5. The highest BCUT2D eigenvalue weighted by Gasteiger charge is 2.06. The molecule has 0 atom stereocenters. The van der Waals surface area contributed by atoms with E-state index in [4.69, 9.17) is 16.3 Å². The first-order chi connectivity index (χ1) is 11.5. The fraction of sp³-hybridized carbons (Fsp3) is 0.412. The minimum Gasteiger partial charge on any atom is -0.497 e. The van der Waals surface area contributed by atoms with Crippen molar-refractivity contribution < 1.29 is 4.74 Å². The molecule has 0 bridgehead atoms. The van der Waals surface area contributed by atoms with E-state index in [-0.39, 0.29) is 0 Å². The maximum atomic E-state index is 6.26. The Balaban J connectivity index is 1.81. The number of halogens is 1. The van der Waals surface area contributed by atoms with E-state index < -0.39 is 0 Å². The Labute approximate surface area is 152 Å². The smallest absolute Gasteiger partial charge is 0.191 e. The van der Waals surface area contributed by atoms with E-state index >= 15 is 0 Å². The number of aryl methyl sites for hydroxylation is 2. The first-order valence-electron chi connectivity index (χ1n) is 7.73. The molecule has 0 amide bonds. The van der Waals surface area contributed by atoms with Crippen molar-refractivity contribution in [2.75, 3.05) is 20.7 Å². The predicted molar refractivity (Wildman–Crippen MR) is 101 cm³/mol. The SMILES string of the molecule is CN=C(NCCc1ccc(OC)cc1Cl)NCc1nc(C)c(C)s1. The van der Waals surface area contributed by atoms with Crippen LogP contribution in [0.15, 0.2) is 23.2 Å². The maximum absolute atomic E-state index is 6.26. The highest BCUT2D eigenvalue weighted by molar-refractivity contribution is 7.11. The number of aliphatic imine (C=N–C) groups is 1. The number of hydrogen-bond donors (Lipinski definition) is 2. The van der Waals surface area contributed by atoms with Crippen LogP contribution in [0.25, 0.3) is 0 Å². The van der Waals surface area contributed by atoms with Gasteiger partial charge in [0.15, 0.2) is 5.96 Å². The second-order valence-corrected chi connectivity index (χ2v) is 7.00. The maximum Gasteiger partial charge on any atom is 0.191 e. The summed E-state index contributed by atoms with van der Waals surface area (Å²) in [4.78, 5) is 10.0. The second-order valence-electron chi connectivity index (χ2n) is 5.31. The van der Waals surface area contributed by atoms with Gasteiger partial charge in [0, 0.05) is 23.5 Å². The van der Waals surface area contributed by atoms with Crippen LogP contribution in [0.3, 0.4) is 0 Å². The topological polar surface area (TPSA) is 58.5 Å². The largest absolute Gasteiger partial charge is 0.497 e. The van der Waals surface area contributed by atoms with Gasteiger partial charge in [-0.2, -0.15) is 0 Å². The van der Waals surface area contributed by atoms with E-state index in [1.54, 1.807) is 25.5 Å². The van der Waals surface area contributed by atoms with Gasteiger partial charge in [0.1, 0.15) is 10.8 Å². The zero-order chi connectivity index (χ0) is 17.5.